The Morgan fingerprint density at radius 2 is 1.38 bits per heavy atom. The van der Waals surface area contributed by atoms with Gasteiger partial charge < -0.3 is 4.40 Å². The lowest BCUT2D eigenvalue weighted by molar-refractivity contribution is 0.836. The zero-order valence-corrected chi connectivity index (χ0v) is 20.0. The average Bonchev–Trinajstić information content (AvgIpc) is 3.30. The summed E-state index contributed by atoms with van der Waals surface area (Å²) < 4.78 is 2.60. The molecule has 0 amide bonds. The van der Waals surface area contributed by atoms with Crippen molar-refractivity contribution in [2.24, 2.45) is 0 Å². The number of aryl methyl sites for hydroxylation is 2. The zero-order chi connectivity index (χ0) is 22.3. The topological polar surface area (TPSA) is 4.41 Å². The van der Waals surface area contributed by atoms with Crippen molar-refractivity contribution in [3.63, 3.8) is 0 Å². The molecule has 32 heavy (non-hydrogen) atoms. The Kier molecular flexibility index (Phi) is 4.12. The molecule has 0 N–H and O–H groups in total. The van der Waals surface area contributed by atoms with E-state index in [1.807, 2.05) is 0 Å². The summed E-state index contributed by atoms with van der Waals surface area (Å²) in [5.74, 6) is 0.957. The molecule has 0 bridgehead atoms. The lowest BCUT2D eigenvalue weighted by Crippen LogP contribution is -2.03. The molecule has 2 aromatic heterocycles. The van der Waals surface area contributed by atoms with E-state index >= 15 is 0 Å². The van der Waals surface area contributed by atoms with Crippen LogP contribution in [-0.2, 0) is 6.42 Å². The summed E-state index contributed by atoms with van der Waals surface area (Å²) >= 11 is 0. The highest BCUT2D eigenvalue weighted by Gasteiger charge is 2.27. The van der Waals surface area contributed by atoms with Crippen LogP contribution >= 0.6 is 0 Å². The van der Waals surface area contributed by atoms with Gasteiger partial charge in [-0.05, 0) is 82.6 Å². The van der Waals surface area contributed by atoms with Crippen molar-refractivity contribution in [2.45, 2.75) is 59.8 Å². The van der Waals surface area contributed by atoms with Gasteiger partial charge in [-0.2, -0.15) is 0 Å². The van der Waals surface area contributed by atoms with Crippen molar-refractivity contribution < 1.29 is 0 Å². The maximum Gasteiger partial charge on any atom is 0.0579 e. The molecule has 6 rings (SSSR count). The van der Waals surface area contributed by atoms with E-state index in [1.54, 1.807) is 0 Å². The van der Waals surface area contributed by atoms with Crippen LogP contribution in [0, 0.1) is 13.8 Å². The molecule has 0 saturated carbocycles. The molecular formula is C31H31N. The molecule has 0 aliphatic heterocycles. The average molecular weight is 418 g/mol. The molecule has 5 aromatic rings. The number of rotatable bonds is 3. The number of hydrogen-bond acceptors (Lipinski definition) is 0. The van der Waals surface area contributed by atoms with Gasteiger partial charge in [-0.15, -0.1) is 0 Å². The Bertz CT molecular complexity index is 1530. The number of aromatic nitrogens is 1. The van der Waals surface area contributed by atoms with E-state index in [9.17, 15) is 0 Å². The highest BCUT2D eigenvalue weighted by molar-refractivity contribution is 6.17. The number of benzene rings is 3. The van der Waals surface area contributed by atoms with Crippen molar-refractivity contribution in [1.82, 2.24) is 4.40 Å². The van der Waals surface area contributed by atoms with Crippen LogP contribution in [-0.4, -0.2) is 4.40 Å². The molecular weight excluding hydrogens is 386 g/mol. The van der Waals surface area contributed by atoms with Crippen LogP contribution in [0.15, 0.2) is 54.6 Å². The molecule has 0 fully saturated rings. The van der Waals surface area contributed by atoms with Gasteiger partial charge in [0.15, 0.2) is 0 Å². The second kappa shape index (κ2) is 6.72. The summed E-state index contributed by atoms with van der Waals surface area (Å²) in [7, 11) is 0. The number of fused-ring (bicyclic) bond motifs is 3. The van der Waals surface area contributed by atoms with Crippen LogP contribution in [0.5, 0.6) is 0 Å². The summed E-state index contributed by atoms with van der Waals surface area (Å²) in [6.07, 6.45) is 1.03. The van der Waals surface area contributed by atoms with Crippen molar-refractivity contribution in [1.29, 1.82) is 0 Å². The van der Waals surface area contributed by atoms with Crippen LogP contribution in [0.1, 0.15) is 72.9 Å². The second-order valence-corrected chi connectivity index (χ2v) is 10.3. The number of nitrogens with zero attached hydrogens (tertiary/aromatic N) is 1. The smallest absolute Gasteiger partial charge is 0.0579 e. The fourth-order valence-corrected chi connectivity index (χ4v) is 5.91. The monoisotopic (exact) mass is 417 g/mol. The Morgan fingerprint density at radius 3 is 2.06 bits per heavy atom. The fourth-order valence-electron chi connectivity index (χ4n) is 5.91. The van der Waals surface area contributed by atoms with Gasteiger partial charge in [0, 0.05) is 22.8 Å². The minimum Gasteiger partial charge on any atom is -0.308 e. The third-order valence-electron chi connectivity index (χ3n) is 7.62. The molecule has 1 aliphatic rings. The Morgan fingerprint density at radius 1 is 0.719 bits per heavy atom. The van der Waals surface area contributed by atoms with E-state index < -0.39 is 0 Å². The molecule has 2 heterocycles. The van der Waals surface area contributed by atoms with E-state index in [-0.39, 0.29) is 0 Å². The van der Waals surface area contributed by atoms with Gasteiger partial charge in [-0.3, -0.25) is 0 Å². The van der Waals surface area contributed by atoms with E-state index in [1.165, 1.54) is 71.8 Å². The molecule has 0 saturated heterocycles. The van der Waals surface area contributed by atoms with Gasteiger partial charge in [0.1, 0.15) is 0 Å². The molecule has 1 nitrogen and oxygen atoms in total. The molecule has 1 aliphatic carbocycles. The lowest BCUT2D eigenvalue weighted by atomic mass is 9.87. The summed E-state index contributed by atoms with van der Waals surface area (Å²) in [5, 5.41) is 4.23. The van der Waals surface area contributed by atoms with Crippen molar-refractivity contribution in [2.75, 3.05) is 0 Å². The van der Waals surface area contributed by atoms with Crippen molar-refractivity contribution >= 4 is 27.2 Å². The fraction of sp³-hybridized carbons (Fsp3) is 0.290. The Hall–Kier alpha value is -3.06. The van der Waals surface area contributed by atoms with Gasteiger partial charge in [-0.1, -0.05) is 64.1 Å². The van der Waals surface area contributed by atoms with Crippen LogP contribution in [0.4, 0.5) is 0 Å². The van der Waals surface area contributed by atoms with Crippen LogP contribution in [0.3, 0.4) is 0 Å². The van der Waals surface area contributed by atoms with Crippen molar-refractivity contribution in [3.05, 3.63) is 88.0 Å². The molecule has 0 radical (unpaired) electrons. The van der Waals surface area contributed by atoms with Gasteiger partial charge in [-0.25, -0.2) is 0 Å². The minimum absolute atomic E-state index is 0.479. The third-order valence-corrected chi connectivity index (χ3v) is 7.62. The van der Waals surface area contributed by atoms with E-state index in [0.717, 1.165) is 6.42 Å². The molecule has 0 unspecified atom stereocenters. The Labute approximate surface area is 190 Å². The normalized spacial score (nSPS) is 13.1. The standard InChI is InChI=1S/C31H31N/c1-17(2)23-10-8-11-24(18(3)4)30(23)28-16-22-15-21-9-7-12-25-26-13-19(5)20(6)14-27(26)32(28)31(22)29(21)25/h7-14,16-18H,15H2,1-6H3. The van der Waals surface area contributed by atoms with Crippen molar-refractivity contribution in [3.8, 4) is 11.3 Å². The molecule has 160 valence electrons. The van der Waals surface area contributed by atoms with Gasteiger partial charge in [0.2, 0.25) is 0 Å². The first-order chi connectivity index (χ1) is 15.4. The maximum absolute atomic E-state index is 2.60. The molecule has 3 aromatic carbocycles. The molecule has 0 spiro atoms. The first kappa shape index (κ1) is 19.6. The second-order valence-electron chi connectivity index (χ2n) is 10.3. The largest absolute Gasteiger partial charge is 0.308 e. The molecule has 1 heteroatoms. The van der Waals surface area contributed by atoms with Crippen LogP contribution < -0.4 is 0 Å². The van der Waals surface area contributed by atoms with Gasteiger partial charge in [0.25, 0.3) is 0 Å². The number of pyridine rings is 1. The quantitative estimate of drug-likeness (QED) is 0.254. The maximum atomic E-state index is 2.60. The third kappa shape index (κ3) is 2.51. The van der Waals surface area contributed by atoms with Gasteiger partial charge in [0.05, 0.1) is 16.7 Å². The highest BCUT2D eigenvalue weighted by atomic mass is 14.9. The first-order valence-electron chi connectivity index (χ1n) is 12.0. The predicted octanol–water partition coefficient (Wildman–Crippen LogP) is 8.68. The Balaban J connectivity index is 1.88. The van der Waals surface area contributed by atoms with E-state index in [2.05, 4.69) is 101 Å². The SMILES string of the molecule is Cc1cc2c3cccc4c3c3c(cc(-c5c(C(C)C)cccc5C(C)C)n3c2cc1C)C4. The first-order valence-corrected chi connectivity index (χ1v) is 12.0. The van der Waals surface area contributed by atoms with E-state index in [0.29, 0.717) is 11.8 Å². The highest BCUT2D eigenvalue weighted by Crippen LogP contribution is 2.46. The minimum atomic E-state index is 0.479. The summed E-state index contributed by atoms with van der Waals surface area (Å²) in [6, 6.07) is 21.1. The lowest BCUT2D eigenvalue weighted by Gasteiger charge is -2.21. The molecule has 0 atom stereocenters. The summed E-state index contributed by atoms with van der Waals surface area (Å²) in [4.78, 5) is 0. The van der Waals surface area contributed by atoms with E-state index in [4.69, 9.17) is 0 Å². The summed E-state index contributed by atoms with van der Waals surface area (Å²) in [6.45, 7) is 13.8. The van der Waals surface area contributed by atoms with Gasteiger partial charge >= 0.3 is 0 Å². The summed E-state index contributed by atoms with van der Waals surface area (Å²) in [5.41, 5.74) is 14.1. The number of hydrogen-bond donors (Lipinski definition) is 0. The van der Waals surface area contributed by atoms with Crippen LogP contribution in [0.25, 0.3) is 38.4 Å². The zero-order valence-electron chi connectivity index (χ0n) is 20.0. The predicted molar refractivity (Wildman–Crippen MR) is 138 cm³/mol. The van der Waals surface area contributed by atoms with Crippen LogP contribution in [0.2, 0.25) is 0 Å².